The number of pyridine rings is 2. The third-order valence-electron chi connectivity index (χ3n) is 5.76. The molecule has 4 rings (SSSR count). The van der Waals surface area contributed by atoms with Crippen molar-refractivity contribution in [1.82, 2.24) is 25.5 Å². The summed E-state index contributed by atoms with van der Waals surface area (Å²) in [5.74, 6) is 0.127. The third kappa shape index (κ3) is 5.27. The van der Waals surface area contributed by atoms with Crippen molar-refractivity contribution >= 4 is 28.0 Å². The summed E-state index contributed by atoms with van der Waals surface area (Å²) in [6.07, 6.45) is 4.98. The molecule has 0 spiro atoms. The van der Waals surface area contributed by atoms with Crippen molar-refractivity contribution in [3.63, 3.8) is 0 Å². The number of aryl methyl sites for hydroxylation is 1. The van der Waals surface area contributed by atoms with Gasteiger partial charge in [-0.25, -0.2) is 13.8 Å². The Kier molecular flexibility index (Phi) is 6.92. The molecule has 164 valence electrons. The average Bonchev–Trinajstić information content (AvgIpc) is 3.23. The Balaban J connectivity index is 1.39. The molecule has 1 aliphatic rings. The van der Waals surface area contributed by atoms with Crippen molar-refractivity contribution < 1.29 is 13.6 Å². The number of nitrogens with zero attached hydrogens (tertiary/aromatic N) is 4. The molecule has 0 aliphatic heterocycles. The summed E-state index contributed by atoms with van der Waals surface area (Å²) in [5.41, 5.74) is 2.23. The van der Waals surface area contributed by atoms with Crippen LogP contribution in [0.1, 0.15) is 36.4 Å². The van der Waals surface area contributed by atoms with Gasteiger partial charge in [-0.15, -0.1) is 10.2 Å². The van der Waals surface area contributed by atoms with Gasteiger partial charge >= 0.3 is 0 Å². The average molecular weight is 446 g/mol. The van der Waals surface area contributed by atoms with Crippen molar-refractivity contribution in [2.75, 3.05) is 13.3 Å². The zero-order chi connectivity index (χ0) is 21.8. The number of alkyl halides is 2. The molecule has 0 unspecified atom stereocenters. The van der Waals surface area contributed by atoms with Gasteiger partial charge in [-0.3, -0.25) is 9.78 Å². The highest BCUT2D eigenvalue weighted by atomic mass is 32.1. The van der Waals surface area contributed by atoms with Gasteiger partial charge in [0.15, 0.2) is 5.01 Å². The molecule has 0 saturated heterocycles. The molecule has 0 radical (unpaired) electrons. The van der Waals surface area contributed by atoms with E-state index in [9.17, 15) is 13.6 Å². The van der Waals surface area contributed by atoms with Crippen LogP contribution in [-0.4, -0.2) is 51.4 Å². The molecule has 0 amide bonds. The lowest BCUT2D eigenvalue weighted by molar-refractivity contribution is -0.123. The second-order valence-corrected chi connectivity index (χ2v) is 9.24. The molecule has 3 aromatic rings. The van der Waals surface area contributed by atoms with E-state index in [1.165, 1.54) is 11.3 Å². The van der Waals surface area contributed by atoms with E-state index in [0.29, 0.717) is 5.69 Å². The number of nitrogens with one attached hydrogen (secondary N) is 1. The smallest absolute Gasteiger partial charge is 0.166 e. The predicted molar refractivity (Wildman–Crippen MR) is 117 cm³/mol. The number of carbonyl (C=O) groups is 1. The summed E-state index contributed by atoms with van der Waals surface area (Å²) in [5, 5.41) is 13.8. The Labute approximate surface area is 183 Å². The first-order chi connectivity index (χ1) is 15.1. The van der Waals surface area contributed by atoms with Crippen molar-refractivity contribution in [3.8, 4) is 10.7 Å². The van der Waals surface area contributed by atoms with Gasteiger partial charge in [-0.2, -0.15) is 0 Å². The Morgan fingerprint density at radius 1 is 1.19 bits per heavy atom. The molecule has 0 bridgehead atoms. The topological polar surface area (TPSA) is 80.7 Å². The van der Waals surface area contributed by atoms with E-state index in [1.54, 1.807) is 6.20 Å². The van der Waals surface area contributed by atoms with Crippen LogP contribution in [0.2, 0.25) is 0 Å². The first-order valence-corrected chi connectivity index (χ1v) is 11.3. The van der Waals surface area contributed by atoms with Crippen molar-refractivity contribution in [1.29, 1.82) is 0 Å². The second kappa shape index (κ2) is 9.82. The van der Waals surface area contributed by atoms with Gasteiger partial charge in [0, 0.05) is 35.7 Å². The highest BCUT2D eigenvalue weighted by molar-refractivity contribution is 7.14. The molecular formula is C22H25F2N5OS. The minimum absolute atomic E-state index is 0.0339. The maximum absolute atomic E-state index is 12.8. The third-order valence-corrected chi connectivity index (χ3v) is 6.62. The Morgan fingerprint density at radius 2 is 1.97 bits per heavy atom. The molecule has 0 aromatic carbocycles. The number of hydrogen-bond acceptors (Lipinski definition) is 7. The van der Waals surface area contributed by atoms with Gasteiger partial charge in [0.25, 0.3) is 0 Å². The number of halogens is 2. The minimum atomic E-state index is -0.736. The van der Waals surface area contributed by atoms with E-state index in [4.69, 9.17) is 0 Å². The number of aromatic nitrogens is 4. The molecule has 9 heteroatoms. The van der Waals surface area contributed by atoms with Crippen LogP contribution in [0.4, 0.5) is 8.78 Å². The molecule has 3 heterocycles. The van der Waals surface area contributed by atoms with Gasteiger partial charge in [-0.1, -0.05) is 11.3 Å². The van der Waals surface area contributed by atoms with E-state index in [1.807, 2.05) is 25.1 Å². The van der Waals surface area contributed by atoms with Crippen LogP contribution in [0.25, 0.3) is 21.6 Å². The quantitative estimate of drug-likeness (QED) is 0.564. The number of carbonyl (C=O) groups excluding carboxylic acids is 1. The second-order valence-electron chi connectivity index (χ2n) is 8.05. The van der Waals surface area contributed by atoms with Crippen LogP contribution >= 0.6 is 11.3 Å². The van der Waals surface area contributed by atoms with Gasteiger partial charge in [-0.05, 0) is 50.8 Å². The van der Waals surface area contributed by atoms with Crippen LogP contribution in [0.3, 0.4) is 0 Å². The Bertz CT molecular complexity index is 1050. The van der Waals surface area contributed by atoms with E-state index < -0.39 is 19.4 Å². The first kappa shape index (κ1) is 21.8. The monoisotopic (exact) mass is 445 g/mol. The number of rotatable bonds is 8. The van der Waals surface area contributed by atoms with Crippen LogP contribution < -0.4 is 5.32 Å². The van der Waals surface area contributed by atoms with Gasteiger partial charge in [0.1, 0.15) is 29.8 Å². The molecular weight excluding hydrogens is 420 g/mol. The molecule has 1 saturated carbocycles. The highest BCUT2D eigenvalue weighted by Gasteiger charge is 2.27. The predicted octanol–water partition coefficient (Wildman–Crippen LogP) is 4.02. The molecule has 1 fully saturated rings. The Hall–Kier alpha value is -2.39. The van der Waals surface area contributed by atoms with Crippen molar-refractivity contribution in [3.05, 3.63) is 35.1 Å². The normalized spacial score (nSPS) is 19.2. The highest BCUT2D eigenvalue weighted by Crippen LogP contribution is 2.27. The lowest BCUT2D eigenvalue weighted by atomic mass is 9.82. The van der Waals surface area contributed by atoms with Gasteiger partial charge in [0.2, 0.25) is 0 Å². The summed E-state index contributed by atoms with van der Waals surface area (Å²) in [7, 11) is 0. The fourth-order valence-electron chi connectivity index (χ4n) is 4.04. The molecule has 31 heavy (non-hydrogen) atoms. The fourth-order valence-corrected chi connectivity index (χ4v) is 4.70. The largest absolute Gasteiger partial charge is 0.306 e. The maximum Gasteiger partial charge on any atom is 0.166 e. The van der Waals surface area contributed by atoms with Crippen LogP contribution in [-0.2, 0) is 11.2 Å². The van der Waals surface area contributed by atoms with Crippen LogP contribution in [0, 0.1) is 12.8 Å². The number of hydrogen-bond donors (Lipinski definition) is 1. The van der Waals surface area contributed by atoms with Crippen molar-refractivity contribution in [2.24, 2.45) is 5.92 Å². The fraction of sp³-hybridized carbons (Fsp3) is 0.500. The van der Waals surface area contributed by atoms with Gasteiger partial charge < -0.3 is 5.32 Å². The number of ketones is 1. The summed E-state index contributed by atoms with van der Waals surface area (Å²) in [6, 6.07) is 5.05. The first-order valence-electron chi connectivity index (χ1n) is 10.5. The molecule has 1 aliphatic carbocycles. The maximum atomic E-state index is 12.8. The summed E-state index contributed by atoms with van der Waals surface area (Å²) >= 11 is 1.49. The molecule has 6 nitrogen and oxygen atoms in total. The minimum Gasteiger partial charge on any atom is -0.306 e. The zero-order valence-corrected chi connectivity index (χ0v) is 18.2. The van der Waals surface area contributed by atoms with Crippen molar-refractivity contribution in [2.45, 2.75) is 51.1 Å². The summed E-state index contributed by atoms with van der Waals surface area (Å²) in [4.78, 5) is 21.9. The van der Waals surface area contributed by atoms with Crippen LogP contribution in [0.15, 0.2) is 24.4 Å². The zero-order valence-electron chi connectivity index (χ0n) is 17.4. The lowest BCUT2D eigenvalue weighted by Gasteiger charge is -2.30. The van der Waals surface area contributed by atoms with E-state index in [0.717, 1.165) is 52.3 Å². The number of Topliss-reactive ketones (excluding diaryl/α,β-unsaturated/α-hetero) is 1. The van der Waals surface area contributed by atoms with E-state index in [2.05, 4.69) is 25.5 Å². The number of fused-ring (bicyclic) bond motifs is 1. The standard InChI is InChI=1S/C22H25F2N5OS/c1-13-28-29-22(31-13)19-7-4-15-12-25-17(8-20(15)27-19)9-21(30)14-2-5-16(6-3-14)26-18(10-23)11-24/h4,7-8,12,14,16,18,26H,2-3,5-6,9-11H2,1H3. The molecule has 0 atom stereocenters. The molecule has 1 N–H and O–H groups in total. The summed E-state index contributed by atoms with van der Waals surface area (Å²) in [6.45, 7) is 0.481. The van der Waals surface area contributed by atoms with Crippen LogP contribution in [0.5, 0.6) is 0 Å². The Morgan fingerprint density at radius 3 is 2.65 bits per heavy atom. The SMILES string of the molecule is Cc1nnc(-c2ccc3cnc(CC(=O)C4CCC(NC(CF)CF)CC4)cc3n2)s1. The summed E-state index contributed by atoms with van der Waals surface area (Å²) < 4.78 is 25.4. The van der Waals surface area contributed by atoms with E-state index >= 15 is 0 Å². The van der Waals surface area contributed by atoms with Gasteiger partial charge in [0.05, 0.1) is 11.6 Å². The molecule has 3 aromatic heterocycles. The lowest BCUT2D eigenvalue weighted by Crippen LogP contribution is -2.43. The van der Waals surface area contributed by atoms with E-state index in [-0.39, 0.29) is 24.2 Å².